The van der Waals surface area contributed by atoms with Crippen LogP contribution in [0.1, 0.15) is 51.9 Å². The molecule has 2 bridgehead atoms. The molecule has 0 aromatic heterocycles. The van der Waals surface area contributed by atoms with Gasteiger partial charge in [0.25, 0.3) is 0 Å². The van der Waals surface area contributed by atoms with Gasteiger partial charge in [0, 0.05) is 19.3 Å². The van der Waals surface area contributed by atoms with E-state index in [0.29, 0.717) is 0 Å². The van der Waals surface area contributed by atoms with Crippen LogP contribution in [0.15, 0.2) is 0 Å². The molecule has 0 amide bonds. The highest BCUT2D eigenvalue weighted by molar-refractivity contribution is 4.93. The Labute approximate surface area is 112 Å². The number of hydrogen-bond donors (Lipinski definition) is 1. The standard InChI is InChI=1S/C16H29NO/c1-2-17-16(13-5-7-18-8-6-13)11-15-10-12-3-4-14(15)9-12/h12-17H,2-11H2,1H3. The Morgan fingerprint density at radius 3 is 2.56 bits per heavy atom. The summed E-state index contributed by atoms with van der Waals surface area (Å²) in [6.45, 7) is 5.36. The van der Waals surface area contributed by atoms with Gasteiger partial charge in [-0.1, -0.05) is 13.3 Å². The first-order valence-corrected chi connectivity index (χ1v) is 8.18. The maximum atomic E-state index is 5.52. The molecule has 1 saturated heterocycles. The van der Waals surface area contributed by atoms with E-state index in [2.05, 4.69) is 12.2 Å². The molecule has 4 unspecified atom stereocenters. The molecule has 3 fully saturated rings. The molecule has 18 heavy (non-hydrogen) atoms. The molecule has 1 heterocycles. The smallest absolute Gasteiger partial charge is 0.0469 e. The summed E-state index contributed by atoms with van der Waals surface area (Å²) in [5.41, 5.74) is 0. The van der Waals surface area contributed by atoms with Gasteiger partial charge in [0.2, 0.25) is 0 Å². The van der Waals surface area contributed by atoms with Crippen molar-refractivity contribution in [3.63, 3.8) is 0 Å². The molecule has 1 aliphatic heterocycles. The normalized spacial score (nSPS) is 38.2. The zero-order valence-electron chi connectivity index (χ0n) is 11.9. The minimum absolute atomic E-state index is 0.767. The molecule has 104 valence electrons. The largest absolute Gasteiger partial charge is 0.381 e. The van der Waals surface area contributed by atoms with Crippen LogP contribution in [-0.2, 0) is 4.74 Å². The zero-order valence-corrected chi connectivity index (χ0v) is 11.9. The van der Waals surface area contributed by atoms with Crippen LogP contribution in [0.5, 0.6) is 0 Å². The summed E-state index contributed by atoms with van der Waals surface area (Å²) in [6.07, 6.45) is 10.1. The lowest BCUT2D eigenvalue weighted by Crippen LogP contribution is -2.41. The molecular weight excluding hydrogens is 222 g/mol. The Morgan fingerprint density at radius 2 is 1.94 bits per heavy atom. The Bertz CT molecular complexity index is 262. The molecule has 0 aromatic rings. The van der Waals surface area contributed by atoms with Gasteiger partial charge in [0.05, 0.1) is 0 Å². The minimum atomic E-state index is 0.767. The van der Waals surface area contributed by atoms with Crippen LogP contribution in [-0.4, -0.2) is 25.8 Å². The van der Waals surface area contributed by atoms with E-state index in [1.54, 1.807) is 6.42 Å². The highest BCUT2D eigenvalue weighted by Crippen LogP contribution is 2.50. The molecular formula is C16H29NO. The quantitative estimate of drug-likeness (QED) is 0.810. The summed E-state index contributed by atoms with van der Waals surface area (Å²) < 4.78 is 5.52. The van der Waals surface area contributed by atoms with E-state index in [4.69, 9.17) is 4.74 Å². The van der Waals surface area contributed by atoms with Gasteiger partial charge in [0.1, 0.15) is 0 Å². The molecule has 0 radical (unpaired) electrons. The molecule has 0 aromatic carbocycles. The van der Waals surface area contributed by atoms with Gasteiger partial charge in [-0.3, -0.25) is 0 Å². The Kier molecular flexibility index (Phi) is 4.25. The van der Waals surface area contributed by atoms with Crippen molar-refractivity contribution < 1.29 is 4.74 Å². The first-order valence-electron chi connectivity index (χ1n) is 8.18. The summed E-state index contributed by atoms with van der Waals surface area (Å²) in [6, 6.07) is 0.767. The molecule has 2 aliphatic carbocycles. The summed E-state index contributed by atoms with van der Waals surface area (Å²) >= 11 is 0. The summed E-state index contributed by atoms with van der Waals surface area (Å²) in [4.78, 5) is 0. The molecule has 2 saturated carbocycles. The number of rotatable bonds is 5. The first kappa shape index (κ1) is 12.9. The van der Waals surface area contributed by atoms with E-state index < -0.39 is 0 Å². The second-order valence-electron chi connectivity index (χ2n) is 6.78. The van der Waals surface area contributed by atoms with Crippen LogP contribution in [0.4, 0.5) is 0 Å². The fraction of sp³-hybridized carbons (Fsp3) is 1.00. The van der Waals surface area contributed by atoms with Gasteiger partial charge in [-0.25, -0.2) is 0 Å². The van der Waals surface area contributed by atoms with Crippen molar-refractivity contribution in [2.45, 2.75) is 57.9 Å². The predicted octanol–water partition coefficient (Wildman–Crippen LogP) is 3.22. The molecule has 3 rings (SSSR count). The van der Waals surface area contributed by atoms with Crippen molar-refractivity contribution in [2.75, 3.05) is 19.8 Å². The van der Waals surface area contributed by atoms with Gasteiger partial charge in [-0.15, -0.1) is 0 Å². The topological polar surface area (TPSA) is 21.3 Å². The van der Waals surface area contributed by atoms with E-state index in [0.717, 1.165) is 49.5 Å². The van der Waals surface area contributed by atoms with Gasteiger partial charge < -0.3 is 10.1 Å². The summed E-state index contributed by atoms with van der Waals surface area (Å²) in [7, 11) is 0. The lowest BCUT2D eigenvalue weighted by Gasteiger charge is -2.34. The molecule has 3 aliphatic rings. The third kappa shape index (κ3) is 2.75. The number of nitrogens with one attached hydrogen (secondary N) is 1. The van der Waals surface area contributed by atoms with Crippen LogP contribution >= 0.6 is 0 Å². The van der Waals surface area contributed by atoms with Crippen molar-refractivity contribution >= 4 is 0 Å². The lowest BCUT2D eigenvalue weighted by atomic mass is 9.79. The van der Waals surface area contributed by atoms with E-state index in [9.17, 15) is 0 Å². The van der Waals surface area contributed by atoms with Crippen molar-refractivity contribution in [2.24, 2.45) is 23.7 Å². The predicted molar refractivity (Wildman–Crippen MR) is 74.6 cm³/mol. The maximum absolute atomic E-state index is 5.52. The number of hydrogen-bond acceptors (Lipinski definition) is 2. The fourth-order valence-corrected chi connectivity index (χ4v) is 4.81. The van der Waals surface area contributed by atoms with E-state index in [1.807, 2.05) is 0 Å². The highest BCUT2D eigenvalue weighted by Gasteiger charge is 2.40. The average molecular weight is 251 g/mol. The van der Waals surface area contributed by atoms with E-state index in [1.165, 1.54) is 38.5 Å². The Balaban J connectivity index is 1.55. The molecule has 2 heteroatoms. The second kappa shape index (κ2) is 5.92. The van der Waals surface area contributed by atoms with Crippen LogP contribution in [0, 0.1) is 23.7 Å². The van der Waals surface area contributed by atoms with Gasteiger partial charge in [0.15, 0.2) is 0 Å². The van der Waals surface area contributed by atoms with Crippen LogP contribution in [0.3, 0.4) is 0 Å². The third-order valence-electron chi connectivity index (χ3n) is 5.74. The number of fused-ring (bicyclic) bond motifs is 2. The monoisotopic (exact) mass is 251 g/mol. The van der Waals surface area contributed by atoms with Crippen LogP contribution < -0.4 is 5.32 Å². The zero-order chi connectivity index (χ0) is 12.4. The minimum Gasteiger partial charge on any atom is -0.381 e. The first-order chi connectivity index (χ1) is 8.86. The fourth-order valence-electron chi connectivity index (χ4n) is 4.81. The van der Waals surface area contributed by atoms with Gasteiger partial charge >= 0.3 is 0 Å². The number of ether oxygens (including phenoxy) is 1. The Hall–Kier alpha value is -0.0800. The molecule has 1 N–H and O–H groups in total. The molecule has 4 atom stereocenters. The third-order valence-corrected chi connectivity index (χ3v) is 5.74. The van der Waals surface area contributed by atoms with Crippen LogP contribution in [0.2, 0.25) is 0 Å². The summed E-state index contributed by atoms with van der Waals surface area (Å²) in [5, 5.41) is 3.78. The Morgan fingerprint density at radius 1 is 1.11 bits per heavy atom. The summed E-state index contributed by atoms with van der Waals surface area (Å²) in [5.74, 6) is 4.08. The van der Waals surface area contributed by atoms with Gasteiger partial charge in [-0.2, -0.15) is 0 Å². The SMILES string of the molecule is CCNC(CC1CC2CCC1C2)C1CCOCC1. The van der Waals surface area contributed by atoms with Gasteiger partial charge in [-0.05, 0) is 68.7 Å². The van der Waals surface area contributed by atoms with E-state index in [-0.39, 0.29) is 0 Å². The lowest BCUT2D eigenvalue weighted by molar-refractivity contribution is 0.0487. The second-order valence-corrected chi connectivity index (χ2v) is 6.78. The highest BCUT2D eigenvalue weighted by atomic mass is 16.5. The van der Waals surface area contributed by atoms with Crippen molar-refractivity contribution in [1.29, 1.82) is 0 Å². The van der Waals surface area contributed by atoms with Crippen molar-refractivity contribution in [1.82, 2.24) is 5.32 Å². The maximum Gasteiger partial charge on any atom is 0.0469 e. The van der Waals surface area contributed by atoms with Crippen molar-refractivity contribution in [3.8, 4) is 0 Å². The molecule has 2 nitrogen and oxygen atoms in total. The van der Waals surface area contributed by atoms with E-state index >= 15 is 0 Å². The van der Waals surface area contributed by atoms with Crippen molar-refractivity contribution in [3.05, 3.63) is 0 Å². The molecule has 0 spiro atoms. The van der Waals surface area contributed by atoms with Crippen LogP contribution in [0.25, 0.3) is 0 Å². The average Bonchev–Trinajstić information content (AvgIpc) is 3.01.